The summed E-state index contributed by atoms with van der Waals surface area (Å²) in [6, 6.07) is 0.769. The Morgan fingerprint density at radius 1 is 1.65 bits per heavy atom. The molecule has 1 aliphatic heterocycles. The van der Waals surface area contributed by atoms with E-state index in [-0.39, 0.29) is 6.04 Å². The van der Waals surface area contributed by atoms with Crippen molar-refractivity contribution < 1.29 is 0 Å². The van der Waals surface area contributed by atoms with Crippen LogP contribution in [0.3, 0.4) is 0 Å². The van der Waals surface area contributed by atoms with E-state index in [2.05, 4.69) is 38.2 Å². The van der Waals surface area contributed by atoms with E-state index in [1.54, 1.807) is 6.33 Å². The summed E-state index contributed by atoms with van der Waals surface area (Å²) >= 11 is 0. The van der Waals surface area contributed by atoms with Gasteiger partial charge < -0.3 is 5.32 Å². The van der Waals surface area contributed by atoms with Crippen LogP contribution in [0.15, 0.2) is 6.33 Å². The fraction of sp³-hybridized carbons (Fsp3) is 0.667. The zero-order chi connectivity index (χ0) is 12.1. The number of nitrogens with zero attached hydrogens (tertiary/aromatic N) is 3. The molecule has 1 fully saturated rings. The van der Waals surface area contributed by atoms with Gasteiger partial charge in [-0.05, 0) is 19.8 Å². The summed E-state index contributed by atoms with van der Waals surface area (Å²) in [7, 11) is 0. The minimum atomic E-state index is 0.224. The van der Waals surface area contributed by atoms with Gasteiger partial charge in [-0.1, -0.05) is 5.92 Å². The Labute approximate surface area is 102 Å². The van der Waals surface area contributed by atoms with E-state index in [0.717, 1.165) is 38.3 Å². The number of hydrogen-bond donors (Lipinski definition) is 2. The zero-order valence-electron chi connectivity index (χ0n) is 10.2. The number of aromatic nitrogens is 3. The van der Waals surface area contributed by atoms with Gasteiger partial charge in [-0.3, -0.25) is 10.00 Å². The highest BCUT2D eigenvalue weighted by Gasteiger charge is 2.20. The highest BCUT2D eigenvalue weighted by Crippen LogP contribution is 2.14. The summed E-state index contributed by atoms with van der Waals surface area (Å²) in [4.78, 5) is 6.48. The van der Waals surface area contributed by atoms with E-state index >= 15 is 0 Å². The van der Waals surface area contributed by atoms with Gasteiger partial charge in [0, 0.05) is 19.1 Å². The van der Waals surface area contributed by atoms with Crippen molar-refractivity contribution in [1.29, 1.82) is 0 Å². The second-order valence-corrected chi connectivity index (χ2v) is 4.51. The van der Waals surface area contributed by atoms with E-state index in [1.807, 2.05) is 0 Å². The number of nitrogens with one attached hydrogen (secondary N) is 2. The van der Waals surface area contributed by atoms with E-state index in [4.69, 9.17) is 6.42 Å². The summed E-state index contributed by atoms with van der Waals surface area (Å²) in [5.41, 5.74) is 0. The minimum Gasteiger partial charge on any atom is -0.305 e. The van der Waals surface area contributed by atoms with Crippen molar-refractivity contribution in [3.05, 3.63) is 12.2 Å². The number of likely N-dealkylation sites (tertiary alicyclic amines) is 1. The first-order chi connectivity index (χ1) is 8.29. The summed E-state index contributed by atoms with van der Waals surface area (Å²) in [6.45, 7) is 5.02. The second kappa shape index (κ2) is 5.80. The topological polar surface area (TPSA) is 56.8 Å². The maximum Gasteiger partial charge on any atom is 0.141 e. The molecule has 0 bridgehead atoms. The Bertz CT molecular complexity index is 359. The van der Waals surface area contributed by atoms with Crippen molar-refractivity contribution in [3.63, 3.8) is 0 Å². The molecule has 2 rings (SSSR count). The molecule has 5 nitrogen and oxygen atoms in total. The van der Waals surface area contributed by atoms with Gasteiger partial charge in [-0.25, -0.2) is 4.98 Å². The average molecular weight is 233 g/mol. The Morgan fingerprint density at radius 2 is 2.41 bits per heavy atom. The first-order valence-corrected chi connectivity index (χ1v) is 6.06. The number of terminal acetylenes is 1. The smallest absolute Gasteiger partial charge is 0.141 e. The first kappa shape index (κ1) is 12.1. The van der Waals surface area contributed by atoms with Gasteiger partial charge >= 0.3 is 0 Å². The van der Waals surface area contributed by atoms with Gasteiger partial charge in [0.25, 0.3) is 0 Å². The minimum absolute atomic E-state index is 0.224. The molecule has 1 saturated heterocycles. The standard InChI is InChI=1S/C12H19N5/c1-3-6-17-7-4-11(5-8-17)15-10(2)12-13-9-14-16-12/h1,9-11,15H,4-8H2,2H3,(H,13,14,16). The number of hydrogen-bond acceptors (Lipinski definition) is 4. The third-order valence-corrected chi connectivity index (χ3v) is 3.23. The maximum absolute atomic E-state index is 5.31. The molecule has 2 N–H and O–H groups in total. The van der Waals surface area contributed by atoms with Crippen LogP contribution in [0.5, 0.6) is 0 Å². The predicted octanol–water partition coefficient (Wildman–Crippen LogP) is 0.553. The van der Waals surface area contributed by atoms with E-state index in [1.165, 1.54) is 0 Å². The number of aromatic amines is 1. The fourth-order valence-corrected chi connectivity index (χ4v) is 2.24. The lowest BCUT2D eigenvalue weighted by Crippen LogP contribution is -2.43. The van der Waals surface area contributed by atoms with Crippen LogP contribution < -0.4 is 5.32 Å². The van der Waals surface area contributed by atoms with Gasteiger partial charge in [0.1, 0.15) is 12.2 Å². The zero-order valence-corrected chi connectivity index (χ0v) is 10.2. The molecule has 0 spiro atoms. The highest BCUT2D eigenvalue weighted by molar-refractivity contribution is 4.93. The van der Waals surface area contributed by atoms with Gasteiger partial charge in [0.15, 0.2) is 0 Å². The lowest BCUT2D eigenvalue weighted by atomic mass is 10.0. The van der Waals surface area contributed by atoms with Crippen LogP contribution in [0.25, 0.3) is 0 Å². The summed E-state index contributed by atoms with van der Waals surface area (Å²) in [5, 5.41) is 10.3. The molecular weight excluding hydrogens is 214 g/mol. The Hall–Kier alpha value is -1.38. The monoisotopic (exact) mass is 233 g/mol. The molecule has 2 heterocycles. The molecule has 17 heavy (non-hydrogen) atoms. The van der Waals surface area contributed by atoms with Gasteiger partial charge in [-0.15, -0.1) is 6.42 Å². The summed E-state index contributed by atoms with van der Waals surface area (Å²) in [5.74, 6) is 3.60. The predicted molar refractivity (Wildman–Crippen MR) is 66.2 cm³/mol. The van der Waals surface area contributed by atoms with E-state index in [9.17, 15) is 0 Å². The van der Waals surface area contributed by atoms with Crippen LogP contribution in [-0.4, -0.2) is 45.8 Å². The Kier molecular flexibility index (Phi) is 4.13. The third-order valence-electron chi connectivity index (χ3n) is 3.23. The van der Waals surface area contributed by atoms with Crippen LogP contribution in [-0.2, 0) is 0 Å². The third kappa shape index (κ3) is 3.29. The van der Waals surface area contributed by atoms with Crippen LogP contribution >= 0.6 is 0 Å². The van der Waals surface area contributed by atoms with Crippen LogP contribution in [0.1, 0.15) is 31.6 Å². The van der Waals surface area contributed by atoms with E-state index < -0.39 is 0 Å². The van der Waals surface area contributed by atoms with Crippen molar-refractivity contribution in [2.75, 3.05) is 19.6 Å². The fourth-order valence-electron chi connectivity index (χ4n) is 2.24. The van der Waals surface area contributed by atoms with Gasteiger partial charge in [-0.2, -0.15) is 5.10 Å². The summed E-state index contributed by atoms with van der Waals surface area (Å²) in [6.07, 6.45) is 9.14. The molecule has 1 aromatic heterocycles. The first-order valence-electron chi connectivity index (χ1n) is 6.06. The number of H-pyrrole nitrogens is 1. The van der Waals surface area contributed by atoms with Gasteiger partial charge in [0.05, 0.1) is 12.6 Å². The molecule has 1 aromatic rings. The molecule has 1 aliphatic rings. The molecule has 0 aliphatic carbocycles. The molecular formula is C12H19N5. The van der Waals surface area contributed by atoms with Crippen LogP contribution in [0.4, 0.5) is 0 Å². The Balaban J connectivity index is 1.77. The summed E-state index contributed by atoms with van der Waals surface area (Å²) < 4.78 is 0. The van der Waals surface area contributed by atoms with E-state index in [0.29, 0.717) is 6.04 Å². The second-order valence-electron chi connectivity index (χ2n) is 4.51. The number of rotatable bonds is 4. The van der Waals surface area contributed by atoms with Crippen LogP contribution in [0, 0.1) is 12.3 Å². The lowest BCUT2D eigenvalue weighted by Gasteiger charge is -2.32. The van der Waals surface area contributed by atoms with Crippen molar-refractivity contribution in [2.45, 2.75) is 31.8 Å². The molecule has 0 amide bonds. The van der Waals surface area contributed by atoms with Crippen molar-refractivity contribution in [2.24, 2.45) is 0 Å². The average Bonchev–Trinajstić information content (AvgIpc) is 2.86. The maximum atomic E-state index is 5.31. The molecule has 5 heteroatoms. The molecule has 0 saturated carbocycles. The van der Waals surface area contributed by atoms with Crippen molar-refractivity contribution in [1.82, 2.24) is 25.4 Å². The molecule has 1 atom stereocenters. The Morgan fingerprint density at radius 3 is 3.00 bits per heavy atom. The molecule has 0 radical (unpaired) electrons. The van der Waals surface area contributed by atoms with Crippen LogP contribution in [0.2, 0.25) is 0 Å². The molecule has 92 valence electrons. The molecule has 0 aromatic carbocycles. The molecule has 1 unspecified atom stereocenters. The van der Waals surface area contributed by atoms with Crippen molar-refractivity contribution in [3.8, 4) is 12.3 Å². The SMILES string of the molecule is C#CCN1CCC(NC(C)c2ncn[nH]2)CC1. The highest BCUT2D eigenvalue weighted by atomic mass is 15.2. The van der Waals surface area contributed by atoms with Gasteiger partial charge in [0.2, 0.25) is 0 Å². The lowest BCUT2D eigenvalue weighted by molar-refractivity contribution is 0.210. The normalized spacial score (nSPS) is 20.0. The quantitative estimate of drug-likeness (QED) is 0.746. The largest absolute Gasteiger partial charge is 0.305 e. The number of piperidine rings is 1. The van der Waals surface area contributed by atoms with Crippen molar-refractivity contribution >= 4 is 0 Å².